The molecule has 0 saturated carbocycles. The van der Waals surface area contributed by atoms with Crippen LogP contribution in [0.1, 0.15) is 18.9 Å². The summed E-state index contributed by atoms with van der Waals surface area (Å²) in [7, 11) is 0. The van der Waals surface area contributed by atoms with Crippen LogP contribution >= 0.6 is 0 Å². The average Bonchev–Trinajstić information content (AvgIpc) is 3.18. The molecule has 1 atom stereocenters. The SMILES string of the molecule is Cc1cc(NCC(=O)N2c3ccccc3NC(=O)C[C@@H]2C)ccc1-n1cnnn1. The Morgan fingerprint density at radius 1 is 1.24 bits per heavy atom. The largest absolute Gasteiger partial charge is 0.376 e. The van der Waals surface area contributed by atoms with Crippen molar-refractivity contribution in [2.45, 2.75) is 26.3 Å². The Hall–Kier alpha value is -3.75. The Kier molecular flexibility index (Phi) is 4.94. The van der Waals surface area contributed by atoms with Crippen LogP contribution in [0.25, 0.3) is 5.69 Å². The van der Waals surface area contributed by atoms with Gasteiger partial charge >= 0.3 is 0 Å². The van der Waals surface area contributed by atoms with E-state index in [0.717, 1.165) is 16.9 Å². The molecule has 0 spiro atoms. The molecule has 0 saturated heterocycles. The van der Waals surface area contributed by atoms with Crippen molar-refractivity contribution in [3.8, 4) is 5.69 Å². The van der Waals surface area contributed by atoms with Gasteiger partial charge in [0.05, 0.1) is 23.6 Å². The van der Waals surface area contributed by atoms with Crippen LogP contribution < -0.4 is 15.5 Å². The third-order valence-electron chi connectivity index (χ3n) is 4.86. The van der Waals surface area contributed by atoms with Gasteiger partial charge in [-0.2, -0.15) is 0 Å². The lowest BCUT2D eigenvalue weighted by Crippen LogP contribution is -2.42. The van der Waals surface area contributed by atoms with E-state index >= 15 is 0 Å². The number of aryl methyl sites for hydroxylation is 1. The molecule has 0 aliphatic carbocycles. The van der Waals surface area contributed by atoms with Crippen LogP contribution in [0.15, 0.2) is 48.8 Å². The number of fused-ring (bicyclic) bond motifs is 1. The lowest BCUT2D eigenvalue weighted by Gasteiger charge is -2.28. The Balaban J connectivity index is 1.51. The molecule has 1 aromatic heterocycles. The van der Waals surface area contributed by atoms with Gasteiger partial charge in [-0.15, -0.1) is 5.10 Å². The van der Waals surface area contributed by atoms with Crippen LogP contribution in [-0.4, -0.2) is 44.6 Å². The molecule has 2 heterocycles. The highest BCUT2D eigenvalue weighted by molar-refractivity contribution is 6.05. The number of rotatable bonds is 4. The maximum atomic E-state index is 13.0. The fourth-order valence-electron chi connectivity index (χ4n) is 3.52. The fourth-order valence-corrected chi connectivity index (χ4v) is 3.52. The number of tetrazole rings is 1. The number of benzene rings is 2. The van der Waals surface area contributed by atoms with Gasteiger partial charge in [0, 0.05) is 18.2 Å². The van der Waals surface area contributed by atoms with E-state index in [0.29, 0.717) is 11.4 Å². The summed E-state index contributed by atoms with van der Waals surface area (Å²) in [5, 5.41) is 17.2. The summed E-state index contributed by atoms with van der Waals surface area (Å²) in [5.74, 6) is -0.203. The van der Waals surface area contributed by atoms with E-state index in [1.165, 1.54) is 6.33 Å². The third-order valence-corrected chi connectivity index (χ3v) is 4.86. The van der Waals surface area contributed by atoms with Crippen LogP contribution in [-0.2, 0) is 9.59 Å². The molecule has 4 rings (SSSR count). The predicted molar refractivity (Wildman–Crippen MR) is 109 cm³/mol. The monoisotopic (exact) mass is 391 g/mol. The second kappa shape index (κ2) is 7.70. The van der Waals surface area contributed by atoms with Gasteiger partial charge in [0.25, 0.3) is 0 Å². The summed E-state index contributed by atoms with van der Waals surface area (Å²) >= 11 is 0. The first-order chi connectivity index (χ1) is 14.0. The summed E-state index contributed by atoms with van der Waals surface area (Å²) in [6.45, 7) is 3.94. The van der Waals surface area contributed by atoms with Gasteiger partial charge < -0.3 is 15.5 Å². The van der Waals surface area contributed by atoms with E-state index in [1.54, 1.807) is 15.6 Å². The number of carbonyl (C=O) groups excluding carboxylic acids is 2. The molecule has 3 aromatic rings. The van der Waals surface area contributed by atoms with Gasteiger partial charge in [0.2, 0.25) is 11.8 Å². The molecule has 0 unspecified atom stereocenters. The van der Waals surface area contributed by atoms with Gasteiger partial charge in [0.1, 0.15) is 6.33 Å². The first-order valence-corrected chi connectivity index (χ1v) is 9.32. The lowest BCUT2D eigenvalue weighted by atomic mass is 10.1. The van der Waals surface area contributed by atoms with Crippen molar-refractivity contribution in [3.05, 3.63) is 54.4 Å². The molecule has 2 amide bonds. The maximum absolute atomic E-state index is 13.0. The van der Waals surface area contributed by atoms with Crippen LogP contribution in [0.4, 0.5) is 17.1 Å². The van der Waals surface area contributed by atoms with Gasteiger partial charge in [0.15, 0.2) is 0 Å². The number of aromatic nitrogens is 4. The highest BCUT2D eigenvalue weighted by Crippen LogP contribution is 2.31. The van der Waals surface area contributed by atoms with Gasteiger partial charge in [-0.3, -0.25) is 9.59 Å². The van der Waals surface area contributed by atoms with Crippen LogP contribution in [0.2, 0.25) is 0 Å². The topological polar surface area (TPSA) is 105 Å². The summed E-state index contributed by atoms with van der Waals surface area (Å²) in [5.41, 5.74) is 4.02. The van der Waals surface area contributed by atoms with Gasteiger partial charge in [-0.05, 0) is 60.2 Å². The van der Waals surface area contributed by atoms with Crippen LogP contribution in [0.3, 0.4) is 0 Å². The number of carbonyl (C=O) groups is 2. The van der Waals surface area contributed by atoms with Crippen molar-refractivity contribution >= 4 is 28.9 Å². The van der Waals surface area contributed by atoms with Crippen molar-refractivity contribution in [3.63, 3.8) is 0 Å². The summed E-state index contributed by atoms with van der Waals surface area (Å²) in [6.07, 6.45) is 1.78. The highest BCUT2D eigenvalue weighted by atomic mass is 16.2. The van der Waals surface area contributed by atoms with Gasteiger partial charge in [-0.25, -0.2) is 4.68 Å². The summed E-state index contributed by atoms with van der Waals surface area (Å²) in [4.78, 5) is 26.8. The Bertz CT molecular complexity index is 1050. The van der Waals surface area contributed by atoms with Crippen molar-refractivity contribution in [1.82, 2.24) is 20.2 Å². The number of hydrogen-bond donors (Lipinski definition) is 2. The molecule has 0 bridgehead atoms. The summed E-state index contributed by atoms with van der Waals surface area (Å²) in [6, 6.07) is 12.8. The van der Waals surface area contributed by atoms with Crippen molar-refractivity contribution in [1.29, 1.82) is 0 Å². The van der Waals surface area contributed by atoms with Crippen LogP contribution in [0.5, 0.6) is 0 Å². The average molecular weight is 391 g/mol. The minimum Gasteiger partial charge on any atom is -0.376 e. The molecule has 0 fully saturated rings. The number of amides is 2. The smallest absolute Gasteiger partial charge is 0.246 e. The molecular weight excluding hydrogens is 370 g/mol. The first-order valence-electron chi connectivity index (χ1n) is 9.32. The van der Waals surface area contributed by atoms with Crippen molar-refractivity contribution < 1.29 is 9.59 Å². The molecule has 2 aromatic carbocycles. The zero-order chi connectivity index (χ0) is 20.4. The zero-order valence-corrected chi connectivity index (χ0v) is 16.2. The molecule has 9 heteroatoms. The quantitative estimate of drug-likeness (QED) is 0.706. The molecule has 0 radical (unpaired) electrons. The van der Waals surface area contributed by atoms with Gasteiger partial charge in [-0.1, -0.05) is 12.1 Å². The number of anilines is 3. The number of para-hydroxylation sites is 2. The lowest BCUT2D eigenvalue weighted by molar-refractivity contribution is -0.118. The molecule has 1 aliphatic rings. The number of hydrogen-bond acceptors (Lipinski definition) is 6. The van der Waals surface area contributed by atoms with E-state index in [-0.39, 0.29) is 30.8 Å². The molecule has 9 nitrogen and oxygen atoms in total. The zero-order valence-electron chi connectivity index (χ0n) is 16.2. The van der Waals surface area contributed by atoms with E-state index in [1.807, 2.05) is 50.2 Å². The maximum Gasteiger partial charge on any atom is 0.246 e. The molecular formula is C20H21N7O2. The van der Waals surface area contributed by atoms with E-state index < -0.39 is 0 Å². The second-order valence-corrected chi connectivity index (χ2v) is 6.99. The van der Waals surface area contributed by atoms with E-state index in [4.69, 9.17) is 0 Å². The minimum atomic E-state index is -0.239. The van der Waals surface area contributed by atoms with E-state index in [2.05, 4.69) is 26.2 Å². The van der Waals surface area contributed by atoms with Crippen LogP contribution in [0, 0.1) is 6.92 Å². The van der Waals surface area contributed by atoms with E-state index in [9.17, 15) is 9.59 Å². The Morgan fingerprint density at radius 3 is 2.83 bits per heavy atom. The molecule has 1 aliphatic heterocycles. The van der Waals surface area contributed by atoms with Crippen molar-refractivity contribution in [2.24, 2.45) is 0 Å². The van der Waals surface area contributed by atoms with Crippen molar-refractivity contribution in [2.75, 3.05) is 22.1 Å². The minimum absolute atomic E-state index is 0.0953. The molecule has 29 heavy (non-hydrogen) atoms. The molecule has 2 N–H and O–H groups in total. The standard InChI is InChI=1S/C20H21N7O2/c1-13-9-15(7-8-17(13)26-12-22-24-25-26)21-11-20(29)27-14(2)10-19(28)23-16-5-3-4-6-18(16)27/h3-9,12,14,21H,10-11H2,1-2H3,(H,23,28)/t14-/m0/s1. The molecule has 148 valence electrons. The first kappa shape index (κ1) is 18.6. The summed E-state index contributed by atoms with van der Waals surface area (Å²) < 4.78 is 1.59. The second-order valence-electron chi connectivity index (χ2n) is 6.99. The number of nitrogens with zero attached hydrogens (tertiary/aromatic N) is 5. The Morgan fingerprint density at radius 2 is 2.07 bits per heavy atom. The Labute approximate surface area is 167 Å². The highest BCUT2D eigenvalue weighted by Gasteiger charge is 2.29. The normalized spacial score (nSPS) is 16.0. The predicted octanol–water partition coefficient (Wildman–Crippen LogP) is 2.15. The number of nitrogens with one attached hydrogen (secondary N) is 2. The fraction of sp³-hybridized carbons (Fsp3) is 0.250. The third kappa shape index (κ3) is 3.79.